The fraction of sp³-hybridized carbons (Fsp3) is 0.944. The van der Waals surface area contributed by atoms with Gasteiger partial charge >= 0.3 is 5.97 Å². The summed E-state index contributed by atoms with van der Waals surface area (Å²) in [5, 5.41) is 0. The molecule has 4 atom stereocenters. The van der Waals surface area contributed by atoms with Crippen molar-refractivity contribution in [2.75, 3.05) is 26.7 Å². The molecule has 0 radical (unpaired) electrons. The van der Waals surface area contributed by atoms with Gasteiger partial charge in [-0.1, -0.05) is 20.8 Å². The van der Waals surface area contributed by atoms with Crippen LogP contribution in [0.3, 0.4) is 0 Å². The molecule has 120 valence electrons. The van der Waals surface area contributed by atoms with E-state index in [-0.39, 0.29) is 12.1 Å². The van der Waals surface area contributed by atoms with Crippen molar-refractivity contribution in [2.24, 2.45) is 23.2 Å². The Morgan fingerprint density at radius 3 is 2.43 bits per heavy atom. The minimum atomic E-state index is 0.0374. The Morgan fingerprint density at radius 2 is 1.86 bits per heavy atom. The molecular formula is C18H32NO2+. The Labute approximate surface area is 129 Å². The highest BCUT2D eigenvalue weighted by atomic mass is 16.5. The highest BCUT2D eigenvalue weighted by molar-refractivity contribution is 5.70. The van der Waals surface area contributed by atoms with E-state index in [1.807, 2.05) is 0 Å². The summed E-state index contributed by atoms with van der Waals surface area (Å²) in [4.78, 5) is 12.4. The molecule has 0 aromatic heterocycles. The van der Waals surface area contributed by atoms with Gasteiger partial charge in [0.2, 0.25) is 0 Å². The molecule has 0 aromatic carbocycles. The van der Waals surface area contributed by atoms with Crippen LogP contribution >= 0.6 is 0 Å². The quantitative estimate of drug-likeness (QED) is 0.590. The number of hydrogen-bond donors (Lipinski definition) is 0. The molecule has 1 saturated heterocycles. The average molecular weight is 294 g/mol. The third kappa shape index (κ3) is 2.74. The van der Waals surface area contributed by atoms with Gasteiger partial charge in [0.15, 0.2) is 6.54 Å². The van der Waals surface area contributed by atoms with E-state index < -0.39 is 0 Å². The molecule has 1 heterocycles. The first-order valence-corrected chi connectivity index (χ1v) is 8.85. The lowest BCUT2D eigenvalue weighted by Crippen LogP contribution is -2.58. The van der Waals surface area contributed by atoms with E-state index in [1.54, 1.807) is 0 Å². The fourth-order valence-corrected chi connectivity index (χ4v) is 5.21. The summed E-state index contributed by atoms with van der Waals surface area (Å²) in [5.74, 6) is 2.07. The monoisotopic (exact) mass is 294 g/mol. The van der Waals surface area contributed by atoms with Crippen LogP contribution < -0.4 is 0 Å². The second-order valence-electron chi connectivity index (χ2n) is 8.77. The Hall–Kier alpha value is -0.570. The second kappa shape index (κ2) is 5.26. The number of carbonyl (C=O) groups excluding carboxylic acids is 1. The molecule has 0 unspecified atom stereocenters. The third-order valence-electron chi connectivity index (χ3n) is 6.97. The minimum absolute atomic E-state index is 0.0374. The smallest absolute Gasteiger partial charge is 0.362 e. The summed E-state index contributed by atoms with van der Waals surface area (Å²) in [5.41, 5.74) is 0.466. The van der Waals surface area contributed by atoms with E-state index in [0.717, 1.165) is 35.8 Å². The van der Waals surface area contributed by atoms with Gasteiger partial charge in [-0.3, -0.25) is 0 Å². The molecule has 4 fully saturated rings. The zero-order valence-corrected chi connectivity index (χ0v) is 14.2. The van der Waals surface area contributed by atoms with Crippen LogP contribution in [0.25, 0.3) is 0 Å². The summed E-state index contributed by atoms with van der Waals surface area (Å²) in [6.45, 7) is 9.90. The van der Waals surface area contributed by atoms with Crippen LogP contribution in [0, 0.1) is 23.2 Å². The van der Waals surface area contributed by atoms with Gasteiger partial charge in [0, 0.05) is 0 Å². The molecule has 4 rings (SSSR count). The van der Waals surface area contributed by atoms with Crippen molar-refractivity contribution in [3.05, 3.63) is 0 Å². The molecule has 3 saturated carbocycles. The molecular weight excluding hydrogens is 262 g/mol. The van der Waals surface area contributed by atoms with E-state index in [0.29, 0.717) is 17.9 Å². The highest BCUT2D eigenvalue weighted by Crippen LogP contribution is 2.61. The molecule has 0 amide bonds. The molecule has 0 N–H and O–H groups in total. The van der Waals surface area contributed by atoms with Crippen molar-refractivity contribution in [2.45, 2.75) is 59.0 Å². The molecule has 3 heteroatoms. The Kier molecular flexibility index (Phi) is 3.84. The second-order valence-corrected chi connectivity index (χ2v) is 8.77. The van der Waals surface area contributed by atoms with Crippen LogP contribution in [0.5, 0.6) is 0 Å². The zero-order chi connectivity index (χ0) is 15.3. The topological polar surface area (TPSA) is 26.3 Å². The number of hydrogen-bond acceptors (Lipinski definition) is 2. The van der Waals surface area contributed by atoms with Gasteiger partial charge in [0.1, 0.15) is 6.10 Å². The maximum absolute atomic E-state index is 12.4. The van der Waals surface area contributed by atoms with Crippen LogP contribution in [0.2, 0.25) is 0 Å². The summed E-state index contributed by atoms with van der Waals surface area (Å²) < 4.78 is 6.80. The average Bonchev–Trinajstić information content (AvgIpc) is 2.40. The summed E-state index contributed by atoms with van der Waals surface area (Å²) in [6, 6.07) is 0. The van der Waals surface area contributed by atoms with Gasteiger partial charge in [-0.05, 0) is 55.3 Å². The van der Waals surface area contributed by atoms with Gasteiger partial charge in [-0.25, -0.2) is 4.79 Å². The van der Waals surface area contributed by atoms with Crippen molar-refractivity contribution < 1.29 is 14.0 Å². The maximum Gasteiger partial charge on any atom is 0.362 e. The Bertz CT molecular complexity index is 411. The number of ether oxygens (including phenoxy) is 1. The molecule has 2 bridgehead atoms. The predicted molar refractivity (Wildman–Crippen MR) is 83.7 cm³/mol. The number of likely N-dealkylation sites (N-methyl/N-ethyl adjacent to an activating group) is 1. The van der Waals surface area contributed by atoms with E-state index >= 15 is 0 Å². The summed E-state index contributed by atoms with van der Waals surface area (Å²) in [7, 11) is 2.21. The summed E-state index contributed by atoms with van der Waals surface area (Å²) in [6.07, 6.45) is 6.42. The number of fused-ring (bicyclic) bond motifs is 2. The lowest BCUT2D eigenvalue weighted by Gasteiger charge is -2.61. The van der Waals surface area contributed by atoms with Crippen molar-refractivity contribution >= 4 is 5.97 Å². The predicted octanol–water partition coefficient (Wildman–Crippen LogP) is 3.23. The maximum atomic E-state index is 12.4. The molecule has 4 aliphatic rings. The van der Waals surface area contributed by atoms with Gasteiger partial charge in [-0.15, -0.1) is 0 Å². The van der Waals surface area contributed by atoms with E-state index in [4.69, 9.17) is 4.74 Å². The number of carbonyl (C=O) groups is 1. The highest BCUT2D eigenvalue weighted by Gasteiger charge is 2.57. The largest absolute Gasteiger partial charge is 0.458 e. The number of likely N-dealkylation sites (tertiary alicyclic amines) is 1. The first kappa shape index (κ1) is 15.3. The van der Waals surface area contributed by atoms with Crippen molar-refractivity contribution in [1.29, 1.82) is 0 Å². The van der Waals surface area contributed by atoms with E-state index in [9.17, 15) is 4.79 Å². The first-order chi connectivity index (χ1) is 9.82. The number of quaternary nitrogens is 1. The van der Waals surface area contributed by atoms with Crippen LogP contribution in [0.1, 0.15) is 52.9 Å². The van der Waals surface area contributed by atoms with Gasteiger partial charge in [-0.2, -0.15) is 0 Å². The van der Waals surface area contributed by atoms with Crippen molar-refractivity contribution in [3.8, 4) is 0 Å². The molecule has 0 spiro atoms. The van der Waals surface area contributed by atoms with Gasteiger partial charge in [0.25, 0.3) is 0 Å². The normalized spacial score (nSPS) is 40.2. The van der Waals surface area contributed by atoms with Crippen LogP contribution in [0.15, 0.2) is 0 Å². The fourth-order valence-electron chi connectivity index (χ4n) is 5.21. The number of nitrogens with zero attached hydrogens (tertiary/aromatic N) is 1. The van der Waals surface area contributed by atoms with Crippen LogP contribution in [0.4, 0.5) is 0 Å². The first-order valence-electron chi connectivity index (χ1n) is 8.85. The lowest BCUT2D eigenvalue weighted by molar-refractivity contribution is -0.907. The third-order valence-corrected chi connectivity index (χ3v) is 6.97. The van der Waals surface area contributed by atoms with Gasteiger partial charge in [0.05, 0.1) is 20.1 Å². The molecule has 1 aliphatic heterocycles. The number of esters is 1. The molecule has 3 nitrogen and oxygen atoms in total. The Morgan fingerprint density at radius 1 is 1.19 bits per heavy atom. The zero-order valence-electron chi connectivity index (χ0n) is 14.2. The van der Waals surface area contributed by atoms with Crippen molar-refractivity contribution in [3.63, 3.8) is 0 Å². The van der Waals surface area contributed by atoms with E-state index in [2.05, 4.69) is 27.8 Å². The van der Waals surface area contributed by atoms with Crippen molar-refractivity contribution in [1.82, 2.24) is 0 Å². The minimum Gasteiger partial charge on any atom is -0.458 e. The number of rotatable bonds is 3. The van der Waals surface area contributed by atoms with Gasteiger partial charge < -0.3 is 9.22 Å². The number of piperidine rings is 1. The molecule has 3 aliphatic carbocycles. The SMILES string of the molecule is C[C@@H]1[C@H]2C[C@H](C[C@H]1OC(=O)C[N+]1(C)CCCCC1)C2(C)C. The van der Waals surface area contributed by atoms with E-state index in [1.165, 1.54) is 25.7 Å². The lowest BCUT2D eigenvalue weighted by atomic mass is 9.45. The van der Waals surface area contributed by atoms with Crippen LogP contribution in [-0.4, -0.2) is 43.2 Å². The molecule has 0 aromatic rings. The van der Waals surface area contributed by atoms with Crippen LogP contribution in [-0.2, 0) is 9.53 Å². The summed E-state index contributed by atoms with van der Waals surface area (Å²) >= 11 is 0. The molecule has 21 heavy (non-hydrogen) atoms. The Balaban J connectivity index is 1.54. The standard InChI is InChI=1S/C18H32NO2/c1-13-15-10-14(18(15,2)3)11-16(13)21-17(20)12-19(4)8-6-5-7-9-19/h13-16H,5-12H2,1-4H3/q+1/t13-,14-,15-,16-/m1/s1.